The predicted octanol–water partition coefficient (Wildman–Crippen LogP) is -1.92. The van der Waals surface area contributed by atoms with Gasteiger partial charge in [-0.1, -0.05) is 90.1 Å². The number of nitrogens with one attached hydrogen (secondary N) is 8. The average Bonchev–Trinajstić information content (AvgIpc) is 0.771. The molecule has 0 unspecified atom stereocenters. The lowest BCUT2D eigenvalue weighted by Crippen LogP contribution is -2.61. The second-order valence-electron chi connectivity index (χ2n) is 31.3. The van der Waals surface area contributed by atoms with Gasteiger partial charge in [-0.2, -0.15) is 0 Å². The largest absolute Gasteiger partial charge is 0.486 e. The molecule has 4 saturated heterocycles. The molecule has 4 aliphatic heterocycles. The fourth-order valence-corrected chi connectivity index (χ4v) is 14.4. The Morgan fingerprint density at radius 3 is 1.46 bits per heavy atom. The van der Waals surface area contributed by atoms with Crippen LogP contribution in [-0.4, -0.2) is 308 Å². The van der Waals surface area contributed by atoms with E-state index in [4.69, 9.17) is 19.9 Å². The molecule has 9 rings (SSSR count). The van der Waals surface area contributed by atoms with Crippen molar-refractivity contribution in [2.75, 3.05) is 85.9 Å². The van der Waals surface area contributed by atoms with Gasteiger partial charge in [0, 0.05) is 70.8 Å². The molecule has 5 aromatic rings. The first-order valence-electron chi connectivity index (χ1n) is 39.7. The molecule has 648 valence electrons. The molecule has 14 N–H and O–H groups in total. The zero-order valence-corrected chi connectivity index (χ0v) is 68.7. The standard InChI is InChI=1S/C81H107N17O22/c1-41(2)61(82)73(109)87-44(7)70(106)88-48-28-26-45(27-29-48)40-118-55-32-46-20-12-14-22-49(46)89-62(55)74(110)91-51-34-83-76(112)64(42(3)4)95(10)59(101)38-93(8)58(100)37-86-72(108)54-25-17-19-31-98(54)79(115)52(92-75(111)63-56(33-47-21-13-15-23-50(47)90-63)119-81-68(105)66(103)67(104)69(120-81)80(116)117)35-84-77(113)65(43(5)6)96(11)60(102)39-94(9)57(99)36-85-71(107)53-24-16-18-30-97(53)78(51)114/h12-15,20-23,26-29,32-33,41-44,51-54,61,64-69,81,103-105H,16-19,24-25,30-31,34-40,82H2,1-11H3,(H,83,112)(H,84,113)(H,85,107)(H,86,108)(H,87,109)(H,88,106)(H,91,110)(H,92,111)(H,116,117)/t44-,51+,52+,53-,54-,61-,64-,65-,66-,67-,68+,69-,81+/m0/s1. The Kier molecular flexibility index (Phi) is 31.4. The van der Waals surface area contributed by atoms with Gasteiger partial charge in [0.15, 0.2) is 29.0 Å². The molecular weight excluding hydrogens is 1560 g/mol. The third kappa shape index (κ3) is 22.6. The number of anilines is 1. The molecule has 39 heteroatoms. The van der Waals surface area contributed by atoms with Crippen LogP contribution in [0.25, 0.3) is 21.8 Å². The number of benzene rings is 3. The number of nitrogens with two attached hydrogens (primary N) is 1. The molecule has 14 amide bonds. The van der Waals surface area contributed by atoms with Crippen molar-refractivity contribution in [3.63, 3.8) is 0 Å². The van der Waals surface area contributed by atoms with E-state index in [0.29, 0.717) is 53.2 Å². The smallest absolute Gasteiger partial charge is 0.335 e. The molecule has 3 aromatic carbocycles. The molecule has 0 bridgehead atoms. The van der Waals surface area contributed by atoms with E-state index in [1.807, 2.05) is 0 Å². The minimum atomic E-state index is -2.13. The number of hydrogen-bond donors (Lipinski definition) is 13. The monoisotopic (exact) mass is 1670 g/mol. The van der Waals surface area contributed by atoms with Crippen LogP contribution in [0, 0.1) is 17.8 Å². The quantitative estimate of drug-likeness (QED) is 0.0483. The highest BCUT2D eigenvalue weighted by atomic mass is 16.7. The number of aliphatic hydroxyl groups excluding tert-OH is 3. The van der Waals surface area contributed by atoms with Gasteiger partial charge in [0.2, 0.25) is 77.2 Å². The van der Waals surface area contributed by atoms with Crippen LogP contribution in [-0.2, 0) is 73.7 Å². The van der Waals surface area contributed by atoms with Crippen molar-refractivity contribution in [3.8, 4) is 11.5 Å². The third-order valence-electron chi connectivity index (χ3n) is 21.4. The van der Waals surface area contributed by atoms with E-state index in [-0.39, 0.29) is 55.4 Å². The van der Waals surface area contributed by atoms with Crippen LogP contribution in [0.3, 0.4) is 0 Å². The van der Waals surface area contributed by atoms with E-state index in [0.717, 1.165) is 24.5 Å². The van der Waals surface area contributed by atoms with Crippen molar-refractivity contribution < 1.29 is 107 Å². The summed E-state index contributed by atoms with van der Waals surface area (Å²) in [5.74, 6) is -15.3. The summed E-state index contributed by atoms with van der Waals surface area (Å²) in [5, 5.41) is 64.0. The number of amides is 14. The lowest BCUT2D eigenvalue weighted by molar-refractivity contribution is -0.271. The van der Waals surface area contributed by atoms with Gasteiger partial charge < -0.3 is 112 Å². The molecule has 0 spiro atoms. The Labute approximate surface area is 691 Å². The predicted molar refractivity (Wildman–Crippen MR) is 430 cm³/mol. The zero-order chi connectivity index (χ0) is 87.8. The van der Waals surface area contributed by atoms with Crippen LogP contribution in [0.1, 0.15) is 114 Å². The molecule has 4 fully saturated rings. The van der Waals surface area contributed by atoms with Gasteiger partial charge in [0.1, 0.15) is 67.2 Å². The fourth-order valence-electron chi connectivity index (χ4n) is 14.4. The lowest BCUT2D eigenvalue weighted by atomic mass is 9.99. The Morgan fingerprint density at radius 1 is 0.558 bits per heavy atom. The Balaban J connectivity index is 0.983. The Morgan fingerprint density at radius 2 is 1.01 bits per heavy atom. The maximum atomic E-state index is 15.4. The number of carboxylic acids is 1. The van der Waals surface area contributed by atoms with Crippen LogP contribution in [0.4, 0.5) is 5.69 Å². The highest BCUT2D eigenvalue weighted by Gasteiger charge is 2.49. The number of hydrogen-bond acceptors (Lipinski definition) is 24. The van der Waals surface area contributed by atoms with Gasteiger partial charge in [-0.25, -0.2) is 14.8 Å². The number of likely N-dealkylation sites (N-methyl/N-ethyl adjacent to an activating group) is 4. The van der Waals surface area contributed by atoms with Gasteiger partial charge in [-0.3, -0.25) is 67.1 Å². The summed E-state index contributed by atoms with van der Waals surface area (Å²) in [4.78, 5) is 229. The number of piperidine rings is 2. The van der Waals surface area contributed by atoms with Crippen molar-refractivity contribution in [2.24, 2.45) is 23.5 Å². The molecule has 0 radical (unpaired) electrons. The van der Waals surface area contributed by atoms with Gasteiger partial charge in [-0.15, -0.1) is 0 Å². The number of fused-ring (bicyclic) bond motifs is 4. The number of carbonyl (C=O) groups is 15. The number of pyridine rings is 2. The van der Waals surface area contributed by atoms with Crippen molar-refractivity contribution in [1.29, 1.82) is 0 Å². The third-order valence-corrected chi connectivity index (χ3v) is 21.4. The van der Waals surface area contributed by atoms with E-state index >= 15 is 14.4 Å². The van der Waals surface area contributed by atoms with Crippen LogP contribution in [0.15, 0.2) is 84.9 Å². The highest BCUT2D eigenvalue weighted by Crippen LogP contribution is 2.31. The summed E-state index contributed by atoms with van der Waals surface area (Å²) < 4.78 is 17.6. The van der Waals surface area contributed by atoms with Crippen LogP contribution >= 0.6 is 0 Å². The normalized spacial score (nSPS) is 24.3. The topological polar surface area (TPSA) is 532 Å². The van der Waals surface area contributed by atoms with Gasteiger partial charge >= 0.3 is 5.97 Å². The highest BCUT2D eigenvalue weighted by molar-refractivity contribution is 6.04. The number of ether oxygens (including phenoxy) is 3. The zero-order valence-electron chi connectivity index (χ0n) is 68.7. The summed E-state index contributed by atoms with van der Waals surface area (Å²) >= 11 is 0. The first-order chi connectivity index (χ1) is 56.8. The van der Waals surface area contributed by atoms with E-state index in [1.165, 1.54) is 52.1 Å². The number of nitrogens with zero attached hydrogens (tertiary/aromatic N) is 8. The molecular formula is C81H107N17O22. The van der Waals surface area contributed by atoms with Gasteiger partial charge in [0.25, 0.3) is 11.8 Å². The second-order valence-corrected chi connectivity index (χ2v) is 31.3. The van der Waals surface area contributed by atoms with E-state index in [1.54, 1.807) is 114 Å². The maximum Gasteiger partial charge on any atom is 0.335 e. The molecule has 0 aliphatic carbocycles. The van der Waals surface area contributed by atoms with Crippen molar-refractivity contribution in [1.82, 2.24) is 76.6 Å². The molecule has 4 aliphatic rings. The number of aromatic nitrogens is 2. The molecule has 120 heavy (non-hydrogen) atoms. The van der Waals surface area contributed by atoms with E-state index in [2.05, 4.69) is 52.5 Å². The lowest BCUT2D eigenvalue weighted by Gasteiger charge is -2.38. The fraction of sp³-hybridized carbons (Fsp3) is 0.519. The van der Waals surface area contributed by atoms with Crippen molar-refractivity contribution >= 4 is 116 Å². The van der Waals surface area contributed by atoms with Crippen LogP contribution in [0.2, 0.25) is 0 Å². The molecule has 39 nitrogen and oxygen atoms in total. The van der Waals surface area contributed by atoms with Crippen LogP contribution < -0.4 is 57.7 Å². The van der Waals surface area contributed by atoms with Crippen molar-refractivity contribution in [3.05, 3.63) is 102 Å². The summed E-state index contributed by atoms with van der Waals surface area (Å²) in [6.45, 7) is 7.00. The van der Waals surface area contributed by atoms with Crippen LogP contribution in [0.5, 0.6) is 11.5 Å². The number of aliphatic hydroxyl groups is 3. The summed E-state index contributed by atoms with van der Waals surface area (Å²) in [6, 6.07) is 11.8. The van der Waals surface area contributed by atoms with Crippen molar-refractivity contribution in [2.45, 2.75) is 173 Å². The average molecular weight is 1670 g/mol. The second kappa shape index (κ2) is 41.1. The summed E-state index contributed by atoms with van der Waals surface area (Å²) in [6.07, 6.45) is -9.02. The number of carboxylic acid groups (broad SMARTS) is 1. The minimum absolute atomic E-state index is 0.00990. The number of carbonyl (C=O) groups excluding carboxylic acids is 14. The Bertz CT molecular complexity index is 4670. The SMILES string of the molecule is CC(C)[C@H](N)C(=O)N[C@@H](C)C(=O)Nc1ccc(COc2cc3ccccc3nc2C(=O)N[C@@H]2CNC(=O)[C@H](C(C)C)N(C)C(=O)CN(C)C(=O)CNC(=O)[C@@H]3CCCCN3C(=O)[C@H](NC(=O)c3nc4ccccc4cc3O[C@@H]3O[C@H](C(=O)O)[C@@H](O)[C@H](O)[C@H]3O)CNC(=O)[C@H](C(C)C)N(C)C(=O)CN(C)C(=O)CNC(=O)[C@@H]3CCCCN3C2=O)cc1. The molecule has 2 aromatic heterocycles. The summed E-state index contributed by atoms with van der Waals surface area (Å²) in [7, 11) is 5.13. The number of rotatable bonds is 17. The number of aliphatic carboxylic acids is 1. The molecule has 6 heterocycles. The first kappa shape index (κ1) is 91.8. The maximum absolute atomic E-state index is 15.4. The summed E-state index contributed by atoms with van der Waals surface area (Å²) in [5.41, 5.74) is 6.52. The van der Waals surface area contributed by atoms with E-state index < -0.39 is 230 Å². The Hall–Kier alpha value is -12.1. The number of para-hydroxylation sites is 2. The van der Waals surface area contributed by atoms with E-state index in [9.17, 15) is 78.0 Å². The molecule has 0 saturated carbocycles. The minimum Gasteiger partial charge on any atom is -0.486 e. The van der Waals surface area contributed by atoms with Gasteiger partial charge in [0.05, 0.1) is 43.3 Å². The first-order valence-corrected chi connectivity index (χ1v) is 39.7. The van der Waals surface area contributed by atoms with Gasteiger partial charge in [-0.05, 0) is 105 Å². The molecule has 13 atom stereocenters.